The van der Waals surface area contributed by atoms with E-state index in [9.17, 15) is 14.0 Å². The Morgan fingerprint density at radius 2 is 1.79 bits per heavy atom. The third kappa shape index (κ3) is 5.89. The van der Waals surface area contributed by atoms with Crippen molar-refractivity contribution >= 4 is 17.8 Å². The molecule has 0 atom stereocenters. The lowest BCUT2D eigenvalue weighted by molar-refractivity contribution is 0.0953. The van der Waals surface area contributed by atoms with Gasteiger partial charge in [-0.2, -0.15) is 0 Å². The van der Waals surface area contributed by atoms with Gasteiger partial charge in [-0.05, 0) is 53.8 Å². The fourth-order valence-electron chi connectivity index (χ4n) is 3.83. The van der Waals surface area contributed by atoms with Crippen molar-refractivity contribution in [3.05, 3.63) is 94.4 Å². The van der Waals surface area contributed by atoms with Crippen LogP contribution in [0.25, 0.3) is 0 Å². The van der Waals surface area contributed by atoms with E-state index in [0.29, 0.717) is 12.1 Å². The summed E-state index contributed by atoms with van der Waals surface area (Å²) in [5.41, 5.74) is 4.36. The van der Waals surface area contributed by atoms with Gasteiger partial charge in [-0.3, -0.25) is 4.79 Å². The predicted molar refractivity (Wildman–Crippen MR) is 129 cm³/mol. The number of fused-ring (bicyclic) bond motifs is 1. The molecule has 0 aliphatic carbocycles. The van der Waals surface area contributed by atoms with Crippen LogP contribution in [0.15, 0.2) is 60.8 Å². The van der Waals surface area contributed by atoms with E-state index < -0.39 is 5.82 Å². The zero-order valence-electron chi connectivity index (χ0n) is 19.1. The van der Waals surface area contributed by atoms with Crippen LogP contribution in [0.5, 0.6) is 0 Å². The SMILES string of the molecule is Cc1ccc(C(=O)NCCNC(=O)NCc2ccc(N3CCc4ccccc4C3)nc2)cc1F. The fraction of sp³-hybridized carbons (Fsp3) is 0.269. The van der Waals surface area contributed by atoms with Crippen LogP contribution in [0.3, 0.4) is 0 Å². The number of anilines is 1. The Balaban J connectivity index is 1.16. The highest BCUT2D eigenvalue weighted by molar-refractivity contribution is 5.94. The lowest BCUT2D eigenvalue weighted by Crippen LogP contribution is -2.40. The molecule has 7 nitrogen and oxygen atoms in total. The molecule has 1 aliphatic rings. The zero-order chi connectivity index (χ0) is 23.9. The van der Waals surface area contributed by atoms with Gasteiger partial charge in [0.15, 0.2) is 0 Å². The van der Waals surface area contributed by atoms with Crippen molar-refractivity contribution in [2.45, 2.75) is 26.4 Å². The number of rotatable bonds is 7. The highest BCUT2D eigenvalue weighted by Gasteiger charge is 2.16. The highest BCUT2D eigenvalue weighted by atomic mass is 19.1. The van der Waals surface area contributed by atoms with Crippen molar-refractivity contribution in [2.75, 3.05) is 24.5 Å². The van der Waals surface area contributed by atoms with E-state index >= 15 is 0 Å². The molecule has 176 valence electrons. The lowest BCUT2D eigenvalue weighted by Gasteiger charge is -2.29. The average molecular weight is 462 g/mol. The number of hydrogen-bond acceptors (Lipinski definition) is 4. The van der Waals surface area contributed by atoms with Crippen molar-refractivity contribution in [3.8, 4) is 0 Å². The summed E-state index contributed by atoms with van der Waals surface area (Å²) >= 11 is 0. The second kappa shape index (κ2) is 10.8. The van der Waals surface area contributed by atoms with Crippen molar-refractivity contribution < 1.29 is 14.0 Å². The number of pyridine rings is 1. The number of benzene rings is 2. The average Bonchev–Trinajstić information content (AvgIpc) is 2.87. The van der Waals surface area contributed by atoms with Gasteiger partial charge in [0, 0.05) is 44.5 Å². The Morgan fingerprint density at radius 3 is 2.56 bits per heavy atom. The number of carbonyl (C=O) groups excluding carboxylic acids is 2. The maximum Gasteiger partial charge on any atom is 0.315 e. The summed E-state index contributed by atoms with van der Waals surface area (Å²) in [6.07, 6.45) is 2.78. The van der Waals surface area contributed by atoms with E-state index in [1.807, 2.05) is 12.1 Å². The molecule has 2 heterocycles. The Kier molecular flexibility index (Phi) is 7.37. The molecule has 34 heavy (non-hydrogen) atoms. The second-order valence-electron chi connectivity index (χ2n) is 8.29. The molecule has 0 fully saturated rings. The molecule has 1 aromatic heterocycles. The molecule has 2 aromatic carbocycles. The molecule has 0 saturated heterocycles. The van der Waals surface area contributed by atoms with E-state index in [-0.39, 0.29) is 30.6 Å². The third-order valence-corrected chi connectivity index (χ3v) is 5.85. The summed E-state index contributed by atoms with van der Waals surface area (Å²) < 4.78 is 13.6. The minimum atomic E-state index is -0.422. The molecule has 0 spiro atoms. The maximum absolute atomic E-state index is 13.6. The Hall–Kier alpha value is -3.94. The quantitative estimate of drug-likeness (QED) is 0.471. The maximum atomic E-state index is 13.6. The van der Waals surface area contributed by atoms with Crippen LogP contribution in [-0.4, -0.2) is 36.6 Å². The van der Waals surface area contributed by atoms with Crippen molar-refractivity contribution in [1.29, 1.82) is 0 Å². The van der Waals surface area contributed by atoms with Crippen LogP contribution >= 0.6 is 0 Å². The van der Waals surface area contributed by atoms with E-state index in [1.165, 1.54) is 17.2 Å². The van der Waals surface area contributed by atoms with E-state index in [4.69, 9.17) is 0 Å². The number of carbonyl (C=O) groups is 2. The van der Waals surface area contributed by atoms with Crippen LogP contribution < -0.4 is 20.9 Å². The van der Waals surface area contributed by atoms with Crippen LogP contribution in [0.2, 0.25) is 0 Å². The normalized spacial score (nSPS) is 12.6. The van der Waals surface area contributed by atoms with Gasteiger partial charge in [0.25, 0.3) is 5.91 Å². The van der Waals surface area contributed by atoms with Gasteiger partial charge < -0.3 is 20.9 Å². The van der Waals surface area contributed by atoms with Gasteiger partial charge in [0.2, 0.25) is 0 Å². The molecule has 3 N–H and O–H groups in total. The van der Waals surface area contributed by atoms with Gasteiger partial charge in [-0.1, -0.05) is 36.4 Å². The summed E-state index contributed by atoms with van der Waals surface area (Å²) in [6, 6.07) is 16.4. The minimum absolute atomic E-state index is 0.233. The first kappa shape index (κ1) is 23.2. The molecule has 0 saturated carbocycles. The van der Waals surface area contributed by atoms with Crippen molar-refractivity contribution in [3.63, 3.8) is 0 Å². The van der Waals surface area contributed by atoms with E-state index in [1.54, 1.807) is 25.3 Å². The van der Waals surface area contributed by atoms with Gasteiger partial charge in [-0.25, -0.2) is 14.2 Å². The predicted octanol–water partition coefficient (Wildman–Crippen LogP) is 3.32. The first-order valence-corrected chi connectivity index (χ1v) is 11.3. The number of nitrogens with one attached hydrogen (secondary N) is 3. The number of halogens is 1. The zero-order valence-corrected chi connectivity index (χ0v) is 19.1. The van der Waals surface area contributed by atoms with Crippen molar-refractivity contribution in [2.24, 2.45) is 0 Å². The van der Waals surface area contributed by atoms with Crippen LogP contribution in [0.4, 0.5) is 15.0 Å². The van der Waals surface area contributed by atoms with E-state index in [2.05, 4.69) is 50.1 Å². The molecule has 1 aliphatic heterocycles. The molecule has 4 rings (SSSR count). The standard InChI is InChI=1S/C26H28FN5O2/c1-18-6-8-21(14-23(18)27)25(33)28-11-12-29-26(34)31-16-19-7-9-24(30-15-19)32-13-10-20-4-2-3-5-22(20)17-32/h2-9,14-15H,10-13,16-17H2,1H3,(H,28,33)(H2,29,31,34). The first-order chi connectivity index (χ1) is 16.5. The molecule has 0 bridgehead atoms. The molecular formula is C26H28FN5O2. The smallest absolute Gasteiger partial charge is 0.315 e. The van der Waals surface area contributed by atoms with E-state index in [0.717, 1.165) is 30.9 Å². The first-order valence-electron chi connectivity index (χ1n) is 11.3. The molecule has 8 heteroatoms. The van der Waals surface area contributed by atoms with Gasteiger partial charge >= 0.3 is 6.03 Å². The second-order valence-corrected chi connectivity index (χ2v) is 8.29. The summed E-state index contributed by atoms with van der Waals surface area (Å²) in [5, 5.41) is 8.12. The molecule has 3 aromatic rings. The Labute approximate surface area is 198 Å². The number of urea groups is 1. The summed E-state index contributed by atoms with van der Waals surface area (Å²) in [6.45, 7) is 4.24. The molecule has 3 amide bonds. The lowest BCUT2D eigenvalue weighted by atomic mass is 10.00. The number of amides is 3. The third-order valence-electron chi connectivity index (χ3n) is 5.85. The molecule has 0 radical (unpaired) electrons. The monoisotopic (exact) mass is 461 g/mol. The number of aryl methyl sites for hydroxylation is 1. The van der Waals surface area contributed by atoms with Gasteiger partial charge in [-0.15, -0.1) is 0 Å². The highest BCUT2D eigenvalue weighted by Crippen LogP contribution is 2.22. The Morgan fingerprint density at radius 1 is 1.00 bits per heavy atom. The number of nitrogens with zero attached hydrogens (tertiary/aromatic N) is 2. The fourth-order valence-corrected chi connectivity index (χ4v) is 3.83. The van der Waals surface area contributed by atoms with Crippen molar-refractivity contribution in [1.82, 2.24) is 20.9 Å². The Bertz CT molecular complexity index is 1170. The summed E-state index contributed by atoms with van der Waals surface area (Å²) in [4.78, 5) is 30.9. The van der Waals surface area contributed by atoms with Crippen LogP contribution in [-0.2, 0) is 19.5 Å². The minimum Gasteiger partial charge on any atom is -0.352 e. The number of hydrogen-bond donors (Lipinski definition) is 3. The van der Waals surface area contributed by atoms with Crippen LogP contribution in [0, 0.1) is 12.7 Å². The topological polar surface area (TPSA) is 86.4 Å². The van der Waals surface area contributed by atoms with Crippen LogP contribution in [0.1, 0.15) is 32.6 Å². The summed E-state index contributed by atoms with van der Waals surface area (Å²) in [5.74, 6) is 0.116. The largest absolute Gasteiger partial charge is 0.352 e. The summed E-state index contributed by atoms with van der Waals surface area (Å²) in [7, 11) is 0. The molecule has 0 unspecified atom stereocenters. The number of aromatic nitrogens is 1. The molecular weight excluding hydrogens is 433 g/mol. The van der Waals surface area contributed by atoms with Gasteiger partial charge in [0.05, 0.1) is 0 Å². The van der Waals surface area contributed by atoms with Gasteiger partial charge in [0.1, 0.15) is 11.6 Å².